The predicted octanol–water partition coefficient (Wildman–Crippen LogP) is 2.43. The molecule has 0 fully saturated rings. The fraction of sp³-hybridized carbons (Fsp3) is 0.238. The number of ether oxygens (including phenoxy) is 1. The maximum atomic E-state index is 11.5. The van der Waals surface area contributed by atoms with E-state index in [2.05, 4.69) is 49.9 Å². The van der Waals surface area contributed by atoms with Gasteiger partial charge in [-0.3, -0.25) is 0 Å². The van der Waals surface area contributed by atoms with Gasteiger partial charge >= 0.3 is 5.97 Å². The van der Waals surface area contributed by atoms with Crippen LogP contribution < -0.4 is 16.4 Å². The topological polar surface area (TPSA) is 115 Å². The van der Waals surface area contributed by atoms with E-state index in [0.717, 1.165) is 18.4 Å². The molecule has 1 heterocycles. The highest BCUT2D eigenvalue weighted by atomic mass is 16.5. The molecule has 8 heteroatoms. The largest absolute Gasteiger partial charge is 0.465 e. The van der Waals surface area contributed by atoms with E-state index in [0.29, 0.717) is 24.0 Å². The van der Waals surface area contributed by atoms with Crippen LogP contribution in [0.4, 0.5) is 17.8 Å². The molecule has 8 nitrogen and oxygen atoms in total. The molecule has 2 aromatic carbocycles. The van der Waals surface area contributed by atoms with E-state index in [-0.39, 0.29) is 18.0 Å². The number of hydrogen-bond donors (Lipinski definition) is 3. The lowest BCUT2D eigenvalue weighted by Gasteiger charge is -2.13. The van der Waals surface area contributed by atoms with Crippen LogP contribution >= 0.6 is 0 Å². The monoisotopic (exact) mass is 390 g/mol. The molecule has 148 valence electrons. The molecule has 29 heavy (non-hydrogen) atoms. The highest BCUT2D eigenvalue weighted by Crippen LogP contribution is 2.24. The molecule has 1 aliphatic carbocycles. The van der Waals surface area contributed by atoms with Gasteiger partial charge in [0.15, 0.2) is 0 Å². The molecule has 1 aliphatic rings. The molecule has 0 aliphatic heterocycles. The van der Waals surface area contributed by atoms with Gasteiger partial charge in [-0.05, 0) is 41.7 Å². The van der Waals surface area contributed by atoms with Crippen molar-refractivity contribution in [3.63, 3.8) is 0 Å². The Morgan fingerprint density at radius 1 is 1.03 bits per heavy atom. The summed E-state index contributed by atoms with van der Waals surface area (Å²) < 4.78 is 4.70. The Morgan fingerprint density at radius 2 is 1.69 bits per heavy atom. The van der Waals surface area contributed by atoms with Crippen LogP contribution in [-0.2, 0) is 24.1 Å². The summed E-state index contributed by atoms with van der Waals surface area (Å²) in [7, 11) is 1.36. The number of rotatable bonds is 6. The Bertz CT molecular complexity index is 997. The van der Waals surface area contributed by atoms with Gasteiger partial charge in [-0.15, -0.1) is 0 Å². The first kappa shape index (κ1) is 18.7. The minimum absolute atomic E-state index is 0.154. The van der Waals surface area contributed by atoms with Crippen molar-refractivity contribution in [2.75, 3.05) is 23.5 Å². The normalized spacial score (nSPS) is 13.0. The fourth-order valence-electron chi connectivity index (χ4n) is 3.44. The minimum atomic E-state index is -0.362. The summed E-state index contributed by atoms with van der Waals surface area (Å²) in [5.74, 6) is 0.646. The van der Waals surface area contributed by atoms with Gasteiger partial charge in [-0.1, -0.05) is 36.4 Å². The Balaban J connectivity index is 1.39. The zero-order chi connectivity index (χ0) is 20.2. The first-order valence-corrected chi connectivity index (χ1v) is 9.36. The molecule has 4 N–H and O–H groups in total. The van der Waals surface area contributed by atoms with Gasteiger partial charge < -0.3 is 21.1 Å². The first-order chi connectivity index (χ1) is 14.1. The van der Waals surface area contributed by atoms with Crippen LogP contribution in [0.5, 0.6) is 0 Å². The molecule has 0 saturated heterocycles. The number of nitrogens with zero attached hydrogens (tertiary/aromatic N) is 3. The smallest absolute Gasteiger partial charge is 0.337 e. The van der Waals surface area contributed by atoms with Gasteiger partial charge in [-0.25, -0.2) is 4.79 Å². The number of nitrogen functional groups attached to an aromatic ring is 1. The van der Waals surface area contributed by atoms with E-state index in [1.807, 2.05) is 12.1 Å². The molecule has 0 spiro atoms. The molecule has 0 atom stereocenters. The zero-order valence-corrected chi connectivity index (χ0v) is 16.1. The van der Waals surface area contributed by atoms with Gasteiger partial charge in [0, 0.05) is 12.6 Å². The van der Waals surface area contributed by atoms with Crippen LogP contribution in [0, 0.1) is 0 Å². The number of anilines is 3. The molecule has 0 amide bonds. The van der Waals surface area contributed by atoms with Crippen molar-refractivity contribution in [1.29, 1.82) is 0 Å². The van der Waals surface area contributed by atoms with E-state index in [1.54, 1.807) is 12.1 Å². The fourth-order valence-corrected chi connectivity index (χ4v) is 3.44. The van der Waals surface area contributed by atoms with E-state index in [1.165, 1.54) is 18.2 Å². The second-order valence-electron chi connectivity index (χ2n) is 6.90. The molecule has 0 saturated carbocycles. The Hall–Kier alpha value is -3.68. The lowest BCUT2D eigenvalue weighted by molar-refractivity contribution is 0.0600. The number of methoxy groups -OCH3 is 1. The van der Waals surface area contributed by atoms with Gasteiger partial charge in [0.2, 0.25) is 17.8 Å². The van der Waals surface area contributed by atoms with Crippen LogP contribution in [0.25, 0.3) is 0 Å². The number of esters is 1. The zero-order valence-electron chi connectivity index (χ0n) is 16.1. The molecular weight excluding hydrogens is 368 g/mol. The lowest BCUT2D eigenvalue weighted by atomic mass is 10.1. The lowest BCUT2D eigenvalue weighted by Crippen LogP contribution is -2.22. The SMILES string of the molecule is COC(=O)c1ccc(CNc2nc(N)nc(NC3Cc4ccccc4C3)n2)cc1. The summed E-state index contributed by atoms with van der Waals surface area (Å²) in [5, 5.41) is 6.51. The molecule has 1 aromatic heterocycles. The standard InChI is InChI=1S/C21H22N6O2/c1-29-18(28)14-8-6-13(7-9-14)12-23-20-25-19(22)26-21(27-20)24-17-10-15-4-2-3-5-16(15)11-17/h2-9,17H,10-12H2,1H3,(H4,22,23,24,25,26,27). The van der Waals surface area contributed by atoms with E-state index in [4.69, 9.17) is 10.5 Å². The van der Waals surface area contributed by atoms with E-state index >= 15 is 0 Å². The van der Waals surface area contributed by atoms with Crippen molar-refractivity contribution < 1.29 is 9.53 Å². The second-order valence-corrected chi connectivity index (χ2v) is 6.90. The number of aromatic nitrogens is 3. The maximum Gasteiger partial charge on any atom is 0.337 e. The van der Waals surface area contributed by atoms with Crippen LogP contribution in [0.3, 0.4) is 0 Å². The molecule has 3 aromatic rings. The number of nitrogens with one attached hydrogen (secondary N) is 2. The van der Waals surface area contributed by atoms with E-state index in [9.17, 15) is 4.79 Å². The van der Waals surface area contributed by atoms with Gasteiger partial charge in [0.25, 0.3) is 0 Å². The van der Waals surface area contributed by atoms with Crippen LogP contribution in [-0.4, -0.2) is 34.1 Å². The average molecular weight is 390 g/mol. The van der Waals surface area contributed by atoms with Gasteiger partial charge in [0.1, 0.15) is 0 Å². The molecule has 4 rings (SSSR count). The van der Waals surface area contributed by atoms with Gasteiger partial charge in [0.05, 0.1) is 12.7 Å². The van der Waals surface area contributed by atoms with Crippen molar-refractivity contribution >= 4 is 23.8 Å². The highest BCUT2D eigenvalue weighted by Gasteiger charge is 2.21. The van der Waals surface area contributed by atoms with Crippen molar-refractivity contribution in [3.8, 4) is 0 Å². The number of hydrogen-bond acceptors (Lipinski definition) is 8. The summed E-state index contributed by atoms with van der Waals surface area (Å²) in [5.41, 5.74) is 10.0. The molecule has 0 bridgehead atoms. The summed E-state index contributed by atoms with van der Waals surface area (Å²) in [6, 6.07) is 15.8. The van der Waals surface area contributed by atoms with Crippen LogP contribution in [0.1, 0.15) is 27.0 Å². The number of benzene rings is 2. The molecular formula is C21H22N6O2. The summed E-state index contributed by atoms with van der Waals surface area (Å²) in [6.07, 6.45) is 1.86. The Morgan fingerprint density at radius 3 is 2.34 bits per heavy atom. The van der Waals surface area contributed by atoms with Crippen LogP contribution in [0.2, 0.25) is 0 Å². The maximum absolute atomic E-state index is 11.5. The third-order valence-electron chi connectivity index (χ3n) is 4.86. The quantitative estimate of drug-likeness (QED) is 0.550. The van der Waals surface area contributed by atoms with E-state index < -0.39 is 0 Å². The van der Waals surface area contributed by atoms with Crippen molar-refractivity contribution in [2.24, 2.45) is 0 Å². The molecule has 0 radical (unpaired) electrons. The second kappa shape index (κ2) is 8.14. The summed E-state index contributed by atoms with van der Waals surface area (Å²) in [4.78, 5) is 24.3. The Kier molecular flexibility index (Phi) is 5.24. The van der Waals surface area contributed by atoms with Crippen molar-refractivity contribution in [1.82, 2.24) is 15.0 Å². The van der Waals surface area contributed by atoms with Crippen molar-refractivity contribution in [3.05, 3.63) is 70.8 Å². The average Bonchev–Trinajstić information content (AvgIpc) is 3.14. The summed E-state index contributed by atoms with van der Waals surface area (Å²) in [6.45, 7) is 0.485. The first-order valence-electron chi connectivity index (χ1n) is 9.36. The van der Waals surface area contributed by atoms with Crippen LogP contribution in [0.15, 0.2) is 48.5 Å². The third-order valence-corrected chi connectivity index (χ3v) is 4.86. The number of carbonyl (C=O) groups excluding carboxylic acids is 1. The van der Waals surface area contributed by atoms with Crippen molar-refractivity contribution in [2.45, 2.75) is 25.4 Å². The minimum Gasteiger partial charge on any atom is -0.465 e. The number of carbonyl (C=O) groups is 1. The molecule has 0 unspecified atom stereocenters. The third kappa shape index (κ3) is 4.43. The highest BCUT2D eigenvalue weighted by molar-refractivity contribution is 5.89. The number of fused-ring (bicyclic) bond motifs is 1. The summed E-state index contributed by atoms with van der Waals surface area (Å²) >= 11 is 0. The Labute approximate surface area is 168 Å². The predicted molar refractivity (Wildman–Crippen MR) is 111 cm³/mol. The van der Waals surface area contributed by atoms with Gasteiger partial charge in [-0.2, -0.15) is 15.0 Å². The number of nitrogens with two attached hydrogens (primary N) is 1.